The minimum atomic E-state index is -5.08. The zero-order chi connectivity index (χ0) is 26.2. The number of anilines is 1. The highest BCUT2D eigenvalue weighted by atomic mass is 19.4. The number of ether oxygens (including phenoxy) is 2. The van der Waals surface area contributed by atoms with Gasteiger partial charge in [-0.1, -0.05) is 0 Å². The van der Waals surface area contributed by atoms with Gasteiger partial charge in [0.2, 0.25) is 0 Å². The van der Waals surface area contributed by atoms with E-state index in [0.717, 1.165) is 25.2 Å². The fourth-order valence-electron chi connectivity index (χ4n) is 3.92. The lowest BCUT2D eigenvalue weighted by atomic mass is 10.2. The smallest absolute Gasteiger partial charge is 0.490 e. The molecule has 0 aromatic carbocycles. The van der Waals surface area contributed by atoms with Gasteiger partial charge in [0, 0.05) is 24.4 Å². The van der Waals surface area contributed by atoms with E-state index in [1.165, 1.54) is 0 Å². The lowest BCUT2D eigenvalue weighted by molar-refractivity contribution is -0.192. The molecule has 1 saturated carbocycles. The summed E-state index contributed by atoms with van der Waals surface area (Å²) in [6.45, 7) is 3.75. The molecule has 15 heteroatoms. The van der Waals surface area contributed by atoms with Crippen molar-refractivity contribution in [2.24, 2.45) is 11.8 Å². The molecule has 2 aliphatic rings. The van der Waals surface area contributed by atoms with Crippen molar-refractivity contribution < 1.29 is 50.5 Å². The summed E-state index contributed by atoms with van der Waals surface area (Å²) in [5.41, 5.74) is 1.84. The number of carbonyl (C=O) groups excluding carboxylic acids is 1. The van der Waals surface area contributed by atoms with Crippen LogP contribution in [0, 0.1) is 11.8 Å². The Hall–Kier alpha value is -3.75. The molecule has 1 amide bonds. The number of amides is 1. The number of hydrogen-bond acceptors (Lipinski definition) is 7. The number of alkyl halides is 5. The van der Waals surface area contributed by atoms with Crippen LogP contribution in [-0.2, 0) is 9.53 Å². The third-order valence-corrected chi connectivity index (χ3v) is 5.60. The van der Waals surface area contributed by atoms with E-state index in [0.29, 0.717) is 41.4 Å². The largest absolute Gasteiger partial charge is 0.491 e. The summed E-state index contributed by atoms with van der Waals surface area (Å²) in [5, 5.41) is 9.78. The molecule has 2 atom stereocenters. The van der Waals surface area contributed by atoms with Gasteiger partial charge < -0.3 is 28.7 Å². The molecule has 2 unspecified atom stereocenters. The van der Waals surface area contributed by atoms with Gasteiger partial charge in [0.15, 0.2) is 5.69 Å². The zero-order valence-corrected chi connectivity index (χ0v) is 18.5. The minimum absolute atomic E-state index is 0.236. The Labute approximate surface area is 199 Å². The molecule has 0 radical (unpaired) electrons. The molecular weight excluding hydrogens is 499 g/mol. The number of hydrogen-bond donors (Lipinski definition) is 2. The molecule has 2 fully saturated rings. The predicted octanol–water partition coefficient (Wildman–Crippen LogP) is 3.90. The van der Waals surface area contributed by atoms with E-state index < -0.39 is 30.4 Å². The number of carbonyl (C=O) groups is 2. The summed E-state index contributed by atoms with van der Waals surface area (Å²) >= 11 is 0. The third kappa shape index (κ3) is 5.24. The van der Waals surface area contributed by atoms with Crippen molar-refractivity contribution in [3.8, 4) is 5.75 Å². The molecule has 2 N–H and O–H groups in total. The van der Waals surface area contributed by atoms with Crippen molar-refractivity contribution in [1.29, 1.82) is 0 Å². The summed E-state index contributed by atoms with van der Waals surface area (Å²) in [5.74, 6) is -2.33. The number of nitrogens with zero attached hydrogens (tertiary/aromatic N) is 3. The molecule has 4 heterocycles. The van der Waals surface area contributed by atoms with E-state index in [1.807, 2.05) is 17.5 Å². The van der Waals surface area contributed by atoms with Crippen LogP contribution in [0.2, 0.25) is 0 Å². The number of aliphatic carboxylic acids is 1. The first-order chi connectivity index (χ1) is 17.0. The van der Waals surface area contributed by atoms with Gasteiger partial charge in [-0.15, -0.1) is 0 Å². The quantitative estimate of drug-likeness (QED) is 0.471. The highest BCUT2D eigenvalue weighted by Gasteiger charge is 2.55. The van der Waals surface area contributed by atoms with E-state index in [9.17, 15) is 26.7 Å². The van der Waals surface area contributed by atoms with Crippen molar-refractivity contribution in [2.45, 2.75) is 25.4 Å². The van der Waals surface area contributed by atoms with E-state index in [-0.39, 0.29) is 5.69 Å². The fourth-order valence-corrected chi connectivity index (χ4v) is 3.92. The number of pyridine rings is 1. The average molecular weight is 518 g/mol. The molecule has 1 saturated heterocycles. The number of oxazole rings is 1. The van der Waals surface area contributed by atoms with Crippen molar-refractivity contribution >= 4 is 23.2 Å². The molecule has 0 spiro atoms. The van der Waals surface area contributed by atoms with Gasteiger partial charge >= 0.3 is 18.6 Å². The molecule has 10 nitrogen and oxygen atoms in total. The number of carboxylic acid groups (broad SMARTS) is 1. The Kier molecular flexibility index (Phi) is 6.84. The topological polar surface area (TPSA) is 128 Å². The van der Waals surface area contributed by atoms with Gasteiger partial charge in [0.1, 0.15) is 23.3 Å². The van der Waals surface area contributed by atoms with E-state index in [1.54, 1.807) is 12.3 Å². The summed E-state index contributed by atoms with van der Waals surface area (Å²) in [7, 11) is 0. The molecule has 194 valence electrons. The van der Waals surface area contributed by atoms with Crippen LogP contribution in [0.4, 0.5) is 27.6 Å². The van der Waals surface area contributed by atoms with Gasteiger partial charge in [0.05, 0.1) is 25.5 Å². The minimum Gasteiger partial charge on any atom is -0.491 e. The van der Waals surface area contributed by atoms with E-state index in [4.69, 9.17) is 24.4 Å². The number of carboxylic acids is 1. The standard InChI is InChI=1S/C19H18F2N4O4.C2HF3O2/c1-2-28-14-3-15-22-12(16-9-6-27-7-10(9)16)5-25(15)4-11(14)23-18(26)13-8-29-19(24-13)17(20)21;3-2(4,5)1(6)7/h3-5,8-10,16-17H,2,6-7H2,1H3,(H,23,26);(H,6,7). The van der Waals surface area contributed by atoms with Crippen molar-refractivity contribution in [3.05, 3.63) is 42.0 Å². The van der Waals surface area contributed by atoms with Gasteiger partial charge in [-0.05, 0) is 18.8 Å². The first-order valence-corrected chi connectivity index (χ1v) is 10.6. The van der Waals surface area contributed by atoms with Crippen LogP contribution in [0.15, 0.2) is 29.1 Å². The number of imidazole rings is 1. The molecule has 5 rings (SSSR count). The van der Waals surface area contributed by atoms with Gasteiger partial charge in [-0.25, -0.2) is 14.8 Å². The summed E-state index contributed by atoms with van der Waals surface area (Å²) in [6.07, 6.45) is -3.44. The molecule has 0 bridgehead atoms. The molecule has 1 aliphatic heterocycles. The molecule has 3 aromatic heterocycles. The van der Waals surface area contributed by atoms with Crippen LogP contribution < -0.4 is 10.1 Å². The first kappa shape index (κ1) is 25.3. The Bertz CT molecular complexity index is 1260. The second-order valence-electron chi connectivity index (χ2n) is 7.94. The lowest BCUT2D eigenvalue weighted by Gasteiger charge is -2.11. The normalized spacial score (nSPS) is 20.6. The second kappa shape index (κ2) is 9.72. The second-order valence-corrected chi connectivity index (χ2v) is 7.94. The highest BCUT2D eigenvalue weighted by molar-refractivity contribution is 6.03. The molecule has 36 heavy (non-hydrogen) atoms. The Morgan fingerprint density at radius 1 is 1.25 bits per heavy atom. The molecule has 3 aromatic rings. The number of rotatable bonds is 6. The number of fused-ring (bicyclic) bond motifs is 2. The zero-order valence-electron chi connectivity index (χ0n) is 18.5. The van der Waals surface area contributed by atoms with Crippen LogP contribution in [0.5, 0.6) is 5.75 Å². The maximum absolute atomic E-state index is 12.6. The fraction of sp³-hybridized carbons (Fsp3) is 0.429. The monoisotopic (exact) mass is 518 g/mol. The lowest BCUT2D eigenvalue weighted by Crippen LogP contribution is -2.21. The Balaban J connectivity index is 0.000000384. The van der Waals surface area contributed by atoms with Gasteiger partial charge in [-0.3, -0.25) is 4.79 Å². The van der Waals surface area contributed by atoms with Crippen LogP contribution in [0.3, 0.4) is 0 Å². The third-order valence-electron chi connectivity index (χ3n) is 5.60. The van der Waals surface area contributed by atoms with Crippen molar-refractivity contribution in [1.82, 2.24) is 14.4 Å². The SMILES string of the molecule is CCOc1cc2nc(C3C4COCC43)cn2cc1NC(=O)c1coc(C(F)F)n1.O=C(O)C(F)(F)F. The maximum atomic E-state index is 12.6. The number of aromatic nitrogens is 3. The van der Waals surface area contributed by atoms with E-state index in [2.05, 4.69) is 14.7 Å². The number of nitrogens with one attached hydrogen (secondary N) is 1. The molecular formula is C21H19F5N4O6. The summed E-state index contributed by atoms with van der Waals surface area (Å²) in [6, 6.07) is 1.74. The van der Waals surface area contributed by atoms with Crippen molar-refractivity contribution in [3.63, 3.8) is 0 Å². The summed E-state index contributed by atoms with van der Waals surface area (Å²) in [4.78, 5) is 29.5. The van der Waals surface area contributed by atoms with Crippen molar-refractivity contribution in [2.75, 3.05) is 25.1 Å². The van der Waals surface area contributed by atoms with Crippen LogP contribution >= 0.6 is 0 Å². The van der Waals surface area contributed by atoms with Crippen LogP contribution in [0.1, 0.15) is 41.3 Å². The molecule has 1 aliphatic carbocycles. The first-order valence-electron chi connectivity index (χ1n) is 10.6. The Morgan fingerprint density at radius 3 is 2.47 bits per heavy atom. The average Bonchev–Trinajstić information content (AvgIpc) is 3.27. The summed E-state index contributed by atoms with van der Waals surface area (Å²) < 4.78 is 74.5. The predicted molar refractivity (Wildman–Crippen MR) is 110 cm³/mol. The highest BCUT2D eigenvalue weighted by Crippen LogP contribution is 2.57. The van der Waals surface area contributed by atoms with E-state index >= 15 is 0 Å². The number of halogens is 5. The van der Waals surface area contributed by atoms with Crippen LogP contribution in [-0.4, -0.2) is 57.3 Å². The van der Waals surface area contributed by atoms with Crippen LogP contribution in [0.25, 0.3) is 5.65 Å². The van der Waals surface area contributed by atoms with Gasteiger partial charge in [-0.2, -0.15) is 22.0 Å². The van der Waals surface area contributed by atoms with Gasteiger partial charge in [0.25, 0.3) is 11.8 Å². The Morgan fingerprint density at radius 2 is 1.92 bits per heavy atom. The maximum Gasteiger partial charge on any atom is 0.490 e.